The smallest absolute Gasteiger partial charge is 0.255 e. The lowest BCUT2D eigenvalue weighted by molar-refractivity contribution is 0.0619. The summed E-state index contributed by atoms with van der Waals surface area (Å²) in [4.78, 5) is 14.6. The predicted octanol–water partition coefficient (Wildman–Crippen LogP) is 3.80. The maximum atomic E-state index is 12.7. The largest absolute Gasteiger partial charge is 0.338 e. The minimum absolute atomic E-state index is 0.0646. The van der Waals surface area contributed by atoms with Gasteiger partial charge in [0.25, 0.3) is 5.91 Å². The van der Waals surface area contributed by atoms with Crippen molar-refractivity contribution in [1.29, 1.82) is 0 Å². The molecule has 0 bridgehead atoms. The van der Waals surface area contributed by atoms with E-state index in [2.05, 4.69) is 31.9 Å². The minimum atomic E-state index is 0.0646. The molecule has 0 saturated heterocycles. The van der Waals surface area contributed by atoms with Crippen LogP contribution in [0.4, 0.5) is 0 Å². The van der Waals surface area contributed by atoms with Gasteiger partial charge in [0, 0.05) is 22.0 Å². The van der Waals surface area contributed by atoms with Crippen molar-refractivity contribution in [2.75, 3.05) is 13.6 Å². The second-order valence-electron chi connectivity index (χ2n) is 5.39. The van der Waals surface area contributed by atoms with Gasteiger partial charge in [0.05, 0.1) is 5.56 Å². The number of nitrogens with two attached hydrogens (primary N) is 1. The second kappa shape index (κ2) is 7.05. The molecule has 0 radical (unpaired) electrons. The van der Waals surface area contributed by atoms with E-state index in [4.69, 9.17) is 5.73 Å². The van der Waals surface area contributed by atoms with E-state index in [0.717, 1.165) is 21.8 Å². The summed E-state index contributed by atoms with van der Waals surface area (Å²) in [5.74, 6) is 0.488. The van der Waals surface area contributed by atoms with Crippen LogP contribution < -0.4 is 5.73 Å². The number of amides is 1. The van der Waals surface area contributed by atoms with Gasteiger partial charge in [0.2, 0.25) is 0 Å². The lowest BCUT2D eigenvalue weighted by Gasteiger charge is -2.37. The molecule has 2 unspecified atom stereocenters. The molecule has 1 fully saturated rings. The Morgan fingerprint density at radius 1 is 1.35 bits per heavy atom. The zero-order valence-corrected chi connectivity index (χ0v) is 14.8. The fourth-order valence-corrected chi connectivity index (χ4v) is 4.19. The number of hydrogen-bond acceptors (Lipinski definition) is 2. The Hall–Kier alpha value is -0.390. The van der Waals surface area contributed by atoms with E-state index in [-0.39, 0.29) is 11.9 Å². The van der Waals surface area contributed by atoms with Gasteiger partial charge in [0.15, 0.2) is 0 Å². The van der Waals surface area contributed by atoms with Crippen LogP contribution in [0, 0.1) is 5.92 Å². The first-order valence-electron chi connectivity index (χ1n) is 6.97. The number of nitrogens with zero attached hydrogens (tertiary/aromatic N) is 1. The Morgan fingerprint density at radius 3 is 2.70 bits per heavy atom. The number of halogens is 2. The molecule has 1 aromatic rings. The molecule has 0 aromatic heterocycles. The molecule has 2 atom stereocenters. The van der Waals surface area contributed by atoms with Crippen molar-refractivity contribution in [2.45, 2.75) is 31.7 Å². The zero-order valence-electron chi connectivity index (χ0n) is 11.6. The number of rotatable bonds is 3. The van der Waals surface area contributed by atoms with Crippen LogP contribution >= 0.6 is 31.9 Å². The number of hydrogen-bond donors (Lipinski definition) is 1. The summed E-state index contributed by atoms with van der Waals surface area (Å²) >= 11 is 6.88. The van der Waals surface area contributed by atoms with E-state index in [9.17, 15) is 4.79 Å². The summed E-state index contributed by atoms with van der Waals surface area (Å²) in [7, 11) is 1.90. The third kappa shape index (κ3) is 3.43. The van der Waals surface area contributed by atoms with E-state index in [1.54, 1.807) is 0 Å². The first kappa shape index (κ1) is 16.0. The summed E-state index contributed by atoms with van der Waals surface area (Å²) in [5.41, 5.74) is 6.57. The van der Waals surface area contributed by atoms with Crippen LogP contribution in [0.25, 0.3) is 0 Å². The molecule has 1 saturated carbocycles. The molecule has 2 N–H and O–H groups in total. The number of carbonyl (C=O) groups is 1. The van der Waals surface area contributed by atoms with Crippen molar-refractivity contribution in [2.24, 2.45) is 11.7 Å². The van der Waals surface area contributed by atoms with Gasteiger partial charge < -0.3 is 10.6 Å². The molecule has 0 spiro atoms. The molecule has 0 aliphatic heterocycles. The van der Waals surface area contributed by atoms with E-state index in [1.165, 1.54) is 12.8 Å². The highest BCUT2D eigenvalue weighted by atomic mass is 79.9. The van der Waals surface area contributed by atoms with Gasteiger partial charge in [0.1, 0.15) is 0 Å². The van der Waals surface area contributed by atoms with Gasteiger partial charge >= 0.3 is 0 Å². The quantitative estimate of drug-likeness (QED) is 0.834. The Bertz CT molecular complexity index is 493. The summed E-state index contributed by atoms with van der Waals surface area (Å²) < 4.78 is 1.78. The average Bonchev–Trinajstić information content (AvgIpc) is 2.45. The Morgan fingerprint density at radius 2 is 2.05 bits per heavy atom. The highest BCUT2D eigenvalue weighted by Gasteiger charge is 2.30. The summed E-state index contributed by atoms with van der Waals surface area (Å²) in [6.07, 6.45) is 4.58. The van der Waals surface area contributed by atoms with Crippen LogP contribution in [0.15, 0.2) is 27.1 Å². The first-order chi connectivity index (χ1) is 9.54. The van der Waals surface area contributed by atoms with E-state index >= 15 is 0 Å². The van der Waals surface area contributed by atoms with Gasteiger partial charge in [-0.15, -0.1) is 0 Å². The van der Waals surface area contributed by atoms with Crippen molar-refractivity contribution >= 4 is 37.8 Å². The fourth-order valence-electron chi connectivity index (χ4n) is 2.98. The maximum Gasteiger partial charge on any atom is 0.255 e. The fraction of sp³-hybridized carbons (Fsp3) is 0.533. The van der Waals surface area contributed by atoms with Crippen molar-refractivity contribution in [3.05, 3.63) is 32.7 Å². The summed E-state index contributed by atoms with van der Waals surface area (Å²) in [5, 5.41) is 0. The van der Waals surface area contributed by atoms with Crippen LogP contribution in [0.1, 0.15) is 36.0 Å². The van der Waals surface area contributed by atoms with Crippen LogP contribution in [-0.4, -0.2) is 30.4 Å². The highest BCUT2D eigenvalue weighted by molar-refractivity contribution is 9.11. The van der Waals surface area contributed by atoms with E-state index < -0.39 is 0 Å². The lowest BCUT2D eigenvalue weighted by atomic mass is 9.83. The third-order valence-electron chi connectivity index (χ3n) is 4.15. The highest BCUT2D eigenvalue weighted by Crippen LogP contribution is 2.29. The minimum Gasteiger partial charge on any atom is -0.338 e. The molecule has 5 heteroatoms. The Kier molecular flexibility index (Phi) is 5.64. The molecular weight excluding hydrogens is 384 g/mol. The Balaban J connectivity index is 2.18. The SMILES string of the molecule is CN(C(=O)c1ccc(Br)cc1Br)C1CCCCC1CN. The van der Waals surface area contributed by atoms with Crippen LogP contribution in [0.5, 0.6) is 0 Å². The first-order valence-corrected chi connectivity index (χ1v) is 8.55. The van der Waals surface area contributed by atoms with Crippen LogP contribution in [0.2, 0.25) is 0 Å². The molecule has 110 valence electrons. The predicted molar refractivity (Wildman–Crippen MR) is 88.7 cm³/mol. The monoisotopic (exact) mass is 402 g/mol. The average molecular weight is 404 g/mol. The normalized spacial score (nSPS) is 22.6. The van der Waals surface area contributed by atoms with Gasteiger partial charge in [-0.25, -0.2) is 0 Å². The third-order valence-corrected chi connectivity index (χ3v) is 5.30. The van der Waals surface area contributed by atoms with E-state index in [1.807, 2.05) is 30.1 Å². The van der Waals surface area contributed by atoms with Gasteiger partial charge in [-0.3, -0.25) is 4.79 Å². The topological polar surface area (TPSA) is 46.3 Å². The molecule has 1 aliphatic rings. The lowest BCUT2D eigenvalue weighted by Crippen LogP contribution is -2.46. The van der Waals surface area contributed by atoms with Crippen molar-refractivity contribution < 1.29 is 4.79 Å². The molecular formula is C15H20Br2N2O. The summed E-state index contributed by atoms with van der Waals surface area (Å²) in [6, 6.07) is 5.92. The van der Waals surface area contributed by atoms with Crippen LogP contribution in [-0.2, 0) is 0 Å². The van der Waals surface area contributed by atoms with Gasteiger partial charge in [-0.1, -0.05) is 28.8 Å². The molecule has 1 aliphatic carbocycles. The van der Waals surface area contributed by atoms with Crippen molar-refractivity contribution in [1.82, 2.24) is 4.90 Å². The standard InChI is InChI=1S/C15H20Br2N2O/c1-19(14-5-3-2-4-10(14)9-18)15(20)12-7-6-11(16)8-13(12)17/h6-8,10,14H,2-5,9,18H2,1H3. The second-order valence-corrected chi connectivity index (χ2v) is 7.16. The number of benzene rings is 1. The van der Waals surface area contributed by atoms with Gasteiger partial charge in [-0.05, 0) is 59.4 Å². The number of carbonyl (C=O) groups excluding carboxylic acids is 1. The van der Waals surface area contributed by atoms with Crippen LogP contribution in [0.3, 0.4) is 0 Å². The molecule has 1 amide bonds. The van der Waals surface area contributed by atoms with E-state index in [0.29, 0.717) is 18.0 Å². The molecule has 0 heterocycles. The molecule has 3 nitrogen and oxygen atoms in total. The Labute approximate surface area is 137 Å². The van der Waals surface area contributed by atoms with Crippen molar-refractivity contribution in [3.63, 3.8) is 0 Å². The molecule has 20 heavy (non-hydrogen) atoms. The van der Waals surface area contributed by atoms with Crippen molar-refractivity contribution in [3.8, 4) is 0 Å². The molecule has 1 aromatic carbocycles. The van der Waals surface area contributed by atoms with Gasteiger partial charge in [-0.2, -0.15) is 0 Å². The molecule has 2 rings (SSSR count). The zero-order chi connectivity index (χ0) is 14.7. The summed E-state index contributed by atoms with van der Waals surface area (Å²) in [6.45, 7) is 0.657. The maximum absolute atomic E-state index is 12.7.